The molecule has 0 spiro atoms. The fourth-order valence-electron chi connectivity index (χ4n) is 2.44. The van der Waals surface area contributed by atoms with Gasteiger partial charge in [0, 0.05) is 37.6 Å². The van der Waals surface area contributed by atoms with Crippen molar-refractivity contribution in [1.29, 1.82) is 0 Å². The Bertz CT molecular complexity index is 389. The SMILES string of the molecule is COc1cc(N)cc(CN(C)C2CCOCC2)c1. The molecule has 100 valence electrons. The lowest BCUT2D eigenvalue weighted by molar-refractivity contribution is 0.0407. The maximum absolute atomic E-state index is 5.87. The molecule has 0 amide bonds. The molecule has 18 heavy (non-hydrogen) atoms. The van der Waals surface area contributed by atoms with Crippen LogP contribution in [0.15, 0.2) is 18.2 Å². The quantitative estimate of drug-likeness (QED) is 0.829. The molecule has 1 aliphatic heterocycles. The predicted molar refractivity (Wildman–Crippen MR) is 72.7 cm³/mol. The molecule has 0 atom stereocenters. The lowest BCUT2D eigenvalue weighted by Crippen LogP contribution is -2.36. The third-order valence-electron chi connectivity index (χ3n) is 3.47. The molecule has 0 saturated carbocycles. The number of hydrogen-bond acceptors (Lipinski definition) is 4. The minimum Gasteiger partial charge on any atom is -0.497 e. The van der Waals surface area contributed by atoms with Crippen LogP contribution in [0.25, 0.3) is 0 Å². The van der Waals surface area contributed by atoms with E-state index in [0.717, 1.165) is 44.0 Å². The Hall–Kier alpha value is -1.26. The summed E-state index contributed by atoms with van der Waals surface area (Å²) < 4.78 is 10.6. The summed E-state index contributed by atoms with van der Waals surface area (Å²) in [4.78, 5) is 2.37. The van der Waals surface area contributed by atoms with Gasteiger partial charge in [-0.05, 0) is 37.6 Å². The summed E-state index contributed by atoms with van der Waals surface area (Å²) >= 11 is 0. The molecule has 1 aliphatic rings. The summed E-state index contributed by atoms with van der Waals surface area (Å²) in [6.07, 6.45) is 2.21. The topological polar surface area (TPSA) is 47.7 Å². The standard InChI is InChI=1S/C14H22N2O2/c1-16(13-3-5-18-6-4-13)10-11-7-12(15)9-14(8-11)17-2/h7-9,13H,3-6,10,15H2,1-2H3. The van der Waals surface area contributed by atoms with E-state index in [2.05, 4.69) is 11.9 Å². The second-order valence-corrected chi connectivity index (χ2v) is 4.87. The molecule has 1 saturated heterocycles. The van der Waals surface area contributed by atoms with Gasteiger partial charge in [0.1, 0.15) is 5.75 Å². The Balaban J connectivity index is 2.01. The maximum Gasteiger partial charge on any atom is 0.121 e. The van der Waals surface area contributed by atoms with E-state index in [1.54, 1.807) is 7.11 Å². The van der Waals surface area contributed by atoms with Gasteiger partial charge in [-0.15, -0.1) is 0 Å². The lowest BCUT2D eigenvalue weighted by atomic mass is 10.1. The summed E-state index contributed by atoms with van der Waals surface area (Å²) in [7, 11) is 3.83. The zero-order valence-corrected chi connectivity index (χ0v) is 11.2. The highest BCUT2D eigenvalue weighted by Gasteiger charge is 2.18. The number of hydrogen-bond donors (Lipinski definition) is 1. The predicted octanol–water partition coefficient (Wildman–Crippen LogP) is 1.89. The highest BCUT2D eigenvalue weighted by Crippen LogP contribution is 2.21. The number of anilines is 1. The molecule has 4 nitrogen and oxygen atoms in total. The van der Waals surface area contributed by atoms with Gasteiger partial charge in [0.2, 0.25) is 0 Å². The number of benzene rings is 1. The van der Waals surface area contributed by atoms with Crippen molar-refractivity contribution in [3.63, 3.8) is 0 Å². The van der Waals surface area contributed by atoms with Crippen LogP contribution in [-0.4, -0.2) is 38.3 Å². The highest BCUT2D eigenvalue weighted by molar-refractivity contribution is 5.47. The Morgan fingerprint density at radius 2 is 2.06 bits per heavy atom. The molecule has 4 heteroatoms. The molecule has 0 unspecified atom stereocenters. The Morgan fingerprint density at radius 1 is 1.33 bits per heavy atom. The van der Waals surface area contributed by atoms with Crippen molar-refractivity contribution in [3.05, 3.63) is 23.8 Å². The molecular weight excluding hydrogens is 228 g/mol. The Morgan fingerprint density at radius 3 is 2.72 bits per heavy atom. The van der Waals surface area contributed by atoms with Gasteiger partial charge in [0.25, 0.3) is 0 Å². The van der Waals surface area contributed by atoms with Gasteiger partial charge in [-0.3, -0.25) is 4.90 Å². The van der Waals surface area contributed by atoms with E-state index < -0.39 is 0 Å². The van der Waals surface area contributed by atoms with Gasteiger partial charge >= 0.3 is 0 Å². The van der Waals surface area contributed by atoms with Crippen molar-refractivity contribution >= 4 is 5.69 Å². The van der Waals surface area contributed by atoms with E-state index in [0.29, 0.717) is 6.04 Å². The molecule has 2 N–H and O–H groups in total. The monoisotopic (exact) mass is 250 g/mol. The first-order chi connectivity index (χ1) is 8.69. The average Bonchev–Trinajstić information content (AvgIpc) is 2.39. The van der Waals surface area contributed by atoms with Crippen LogP contribution < -0.4 is 10.5 Å². The van der Waals surface area contributed by atoms with Crippen molar-refractivity contribution in [2.24, 2.45) is 0 Å². The summed E-state index contributed by atoms with van der Waals surface area (Å²) in [6, 6.07) is 6.51. The summed E-state index contributed by atoms with van der Waals surface area (Å²) in [5.74, 6) is 0.824. The zero-order valence-electron chi connectivity index (χ0n) is 11.2. The summed E-state index contributed by atoms with van der Waals surface area (Å²) in [5, 5.41) is 0. The van der Waals surface area contributed by atoms with Crippen molar-refractivity contribution in [3.8, 4) is 5.75 Å². The van der Waals surface area contributed by atoms with Crippen molar-refractivity contribution in [1.82, 2.24) is 4.90 Å². The fraction of sp³-hybridized carbons (Fsp3) is 0.571. The van der Waals surface area contributed by atoms with E-state index in [1.165, 1.54) is 5.56 Å². The third kappa shape index (κ3) is 3.37. The van der Waals surface area contributed by atoms with E-state index >= 15 is 0 Å². The van der Waals surface area contributed by atoms with Gasteiger partial charge in [-0.1, -0.05) is 0 Å². The zero-order chi connectivity index (χ0) is 13.0. The first-order valence-electron chi connectivity index (χ1n) is 6.40. The second kappa shape index (κ2) is 6.07. The molecule has 0 aliphatic carbocycles. The molecule has 0 radical (unpaired) electrons. The minimum absolute atomic E-state index is 0.603. The van der Waals surface area contributed by atoms with Crippen LogP contribution in [0.1, 0.15) is 18.4 Å². The highest BCUT2D eigenvalue weighted by atomic mass is 16.5. The molecule has 1 fully saturated rings. The number of nitrogens with zero attached hydrogens (tertiary/aromatic N) is 1. The lowest BCUT2D eigenvalue weighted by Gasteiger charge is -2.31. The Labute approximate surface area is 109 Å². The molecule has 1 heterocycles. The largest absolute Gasteiger partial charge is 0.497 e. The summed E-state index contributed by atoms with van der Waals surface area (Å²) in [5.41, 5.74) is 7.82. The van der Waals surface area contributed by atoms with E-state index in [4.69, 9.17) is 15.2 Å². The smallest absolute Gasteiger partial charge is 0.121 e. The fourth-order valence-corrected chi connectivity index (χ4v) is 2.44. The van der Waals surface area contributed by atoms with Crippen LogP contribution in [0, 0.1) is 0 Å². The average molecular weight is 250 g/mol. The molecule has 1 aromatic rings. The number of methoxy groups -OCH3 is 1. The Kier molecular flexibility index (Phi) is 4.44. The van der Waals surface area contributed by atoms with Crippen LogP contribution in [0.3, 0.4) is 0 Å². The van der Waals surface area contributed by atoms with Crippen molar-refractivity contribution in [2.45, 2.75) is 25.4 Å². The van der Waals surface area contributed by atoms with Gasteiger partial charge in [0.15, 0.2) is 0 Å². The van der Waals surface area contributed by atoms with E-state index in [1.807, 2.05) is 18.2 Å². The normalized spacial score (nSPS) is 17.1. The van der Waals surface area contributed by atoms with Crippen molar-refractivity contribution < 1.29 is 9.47 Å². The molecule has 0 bridgehead atoms. The number of nitrogen functional groups attached to an aromatic ring is 1. The molecular formula is C14H22N2O2. The number of nitrogens with two attached hydrogens (primary N) is 1. The van der Waals surface area contributed by atoms with Crippen LogP contribution in [-0.2, 0) is 11.3 Å². The van der Waals surface area contributed by atoms with Crippen molar-refractivity contribution in [2.75, 3.05) is 33.1 Å². The van der Waals surface area contributed by atoms with Gasteiger partial charge < -0.3 is 15.2 Å². The third-order valence-corrected chi connectivity index (χ3v) is 3.47. The van der Waals surface area contributed by atoms with Gasteiger partial charge in [0.05, 0.1) is 7.11 Å². The molecule has 1 aromatic carbocycles. The van der Waals surface area contributed by atoms with Crippen LogP contribution in [0.2, 0.25) is 0 Å². The van der Waals surface area contributed by atoms with E-state index in [-0.39, 0.29) is 0 Å². The maximum atomic E-state index is 5.87. The minimum atomic E-state index is 0.603. The van der Waals surface area contributed by atoms with Crippen LogP contribution in [0.4, 0.5) is 5.69 Å². The second-order valence-electron chi connectivity index (χ2n) is 4.87. The van der Waals surface area contributed by atoms with Crippen LogP contribution in [0.5, 0.6) is 5.75 Å². The number of ether oxygens (including phenoxy) is 2. The summed E-state index contributed by atoms with van der Waals surface area (Å²) in [6.45, 7) is 2.64. The molecule has 0 aromatic heterocycles. The first-order valence-corrected chi connectivity index (χ1v) is 6.40. The molecule has 2 rings (SSSR count). The number of rotatable bonds is 4. The van der Waals surface area contributed by atoms with Gasteiger partial charge in [-0.25, -0.2) is 0 Å². The first kappa shape index (κ1) is 13.2. The van der Waals surface area contributed by atoms with Gasteiger partial charge in [-0.2, -0.15) is 0 Å². The van der Waals surface area contributed by atoms with Crippen LogP contribution >= 0.6 is 0 Å². The van der Waals surface area contributed by atoms with E-state index in [9.17, 15) is 0 Å².